The minimum atomic E-state index is -0.596. The summed E-state index contributed by atoms with van der Waals surface area (Å²) in [6.07, 6.45) is 0. The van der Waals surface area contributed by atoms with Gasteiger partial charge in [-0.1, -0.05) is 157 Å². The molecule has 12 rings (SSSR count). The molecule has 3 aliphatic rings. The van der Waals surface area contributed by atoms with Gasteiger partial charge in [0.05, 0.1) is 33.5 Å². The minimum absolute atomic E-state index is 0.583. The maximum absolute atomic E-state index is 6.64. The van der Waals surface area contributed by atoms with Crippen LogP contribution in [0.5, 0.6) is 11.5 Å². The first kappa shape index (κ1) is 31.5. The van der Waals surface area contributed by atoms with E-state index >= 15 is 0 Å². The Hall–Kier alpha value is -6.82. The van der Waals surface area contributed by atoms with E-state index in [0.29, 0.717) is 0 Å². The summed E-state index contributed by atoms with van der Waals surface area (Å²) in [6.45, 7) is 0. The Morgan fingerprint density at radius 1 is 0.446 bits per heavy atom. The van der Waals surface area contributed by atoms with E-state index in [-0.39, 0.29) is 0 Å². The molecule has 4 heterocycles. The zero-order valence-corrected chi connectivity index (χ0v) is 31.0. The van der Waals surface area contributed by atoms with Crippen LogP contribution in [0.4, 0.5) is 17.1 Å². The number of thioether (sulfide) groups is 1. The lowest BCUT2D eigenvalue weighted by molar-refractivity contribution is 0.434. The highest BCUT2D eigenvalue weighted by Crippen LogP contribution is 2.64. The number of anilines is 3. The van der Waals surface area contributed by atoms with Crippen LogP contribution >= 0.6 is 11.8 Å². The molecule has 0 N–H and O–H groups in total. The van der Waals surface area contributed by atoms with Crippen molar-refractivity contribution in [3.8, 4) is 17.2 Å². The summed E-state index contributed by atoms with van der Waals surface area (Å²) in [5.41, 5.74) is 14.4. The molecule has 56 heavy (non-hydrogen) atoms. The maximum atomic E-state index is 6.64. The molecule has 0 radical (unpaired) electrons. The number of hydrogen-bond acceptors (Lipinski definition) is 4. The fourth-order valence-electron chi connectivity index (χ4n) is 9.68. The predicted molar refractivity (Wildman–Crippen MR) is 226 cm³/mol. The number of nitrogens with zero attached hydrogens (tertiary/aromatic N) is 3. The summed E-state index contributed by atoms with van der Waals surface area (Å²) < 4.78 is 8.41. The lowest BCUT2D eigenvalue weighted by Crippen LogP contribution is -2.39. The van der Waals surface area contributed by atoms with Gasteiger partial charge in [-0.2, -0.15) is 0 Å². The Morgan fingerprint density at radius 2 is 0.964 bits per heavy atom. The Labute approximate surface area is 329 Å². The highest BCUT2D eigenvalue weighted by molar-refractivity contribution is 8.00. The lowest BCUT2D eigenvalue weighted by atomic mass is 9.61. The van der Waals surface area contributed by atoms with Crippen molar-refractivity contribution in [3.63, 3.8) is 0 Å². The van der Waals surface area contributed by atoms with Crippen LogP contribution in [0, 0.1) is 0 Å². The molecule has 8 aromatic carbocycles. The van der Waals surface area contributed by atoms with E-state index in [2.05, 4.69) is 210 Å². The van der Waals surface area contributed by atoms with Crippen LogP contribution in [0.3, 0.4) is 0 Å². The summed E-state index contributed by atoms with van der Waals surface area (Å²) in [4.78, 5) is 7.74. The number of ether oxygens (including phenoxy) is 1. The summed E-state index contributed by atoms with van der Waals surface area (Å²) >= 11 is 1.83. The summed E-state index contributed by atoms with van der Waals surface area (Å²) in [5, 5.41) is 0.978. The molecule has 0 saturated carbocycles. The molecule has 5 heteroatoms. The number of fused-ring (bicyclic) bond motifs is 13. The second-order valence-corrected chi connectivity index (χ2v) is 15.8. The SMILES string of the molecule is c1ccc(C2(c3ccccc3)Sc3nc4ccccc4n3-c3ccc(N4c5ccccc5C5(c6ccccc6Oc6ccccc65)c5ccccc54)cc32)cc1. The van der Waals surface area contributed by atoms with Crippen molar-refractivity contribution in [1.29, 1.82) is 0 Å². The van der Waals surface area contributed by atoms with Crippen LogP contribution in [0.15, 0.2) is 205 Å². The molecule has 3 aliphatic heterocycles. The fraction of sp³-hybridized carbons (Fsp3) is 0.0392. The quantitative estimate of drug-likeness (QED) is 0.181. The zero-order valence-electron chi connectivity index (χ0n) is 30.2. The van der Waals surface area contributed by atoms with E-state index in [9.17, 15) is 0 Å². The first-order valence-corrected chi connectivity index (χ1v) is 19.9. The standard InChI is InChI=1S/C51H33N3OS/c1-3-17-34(18-4-1)51(35-19-5-2-6-20-35)41-33-36(31-32-45(41)54-46-28-14-11-25-42(46)52-49(54)56-51)53-43-26-12-7-21-37(43)50(38-22-8-13-27-44(38)53)39-23-9-15-29-47(39)55-48-30-16-10-24-40(48)50/h1-33H. The highest BCUT2D eigenvalue weighted by atomic mass is 32.2. The number of hydrogen-bond donors (Lipinski definition) is 0. The molecule has 9 aromatic rings. The molecule has 0 unspecified atom stereocenters. The number of para-hydroxylation sites is 6. The molecule has 1 aromatic heterocycles. The Morgan fingerprint density at radius 3 is 1.59 bits per heavy atom. The fourth-order valence-corrected chi connectivity index (χ4v) is 11.2. The summed E-state index contributed by atoms with van der Waals surface area (Å²) in [5.74, 6) is 1.77. The molecule has 0 atom stereocenters. The van der Waals surface area contributed by atoms with Gasteiger partial charge in [-0.3, -0.25) is 4.57 Å². The van der Waals surface area contributed by atoms with Crippen molar-refractivity contribution in [2.24, 2.45) is 0 Å². The first-order chi connectivity index (χ1) is 27.8. The predicted octanol–water partition coefficient (Wildman–Crippen LogP) is 12.7. The molecular formula is C51H33N3OS. The van der Waals surface area contributed by atoms with Crippen molar-refractivity contribution < 1.29 is 4.74 Å². The van der Waals surface area contributed by atoms with E-state index < -0.39 is 10.2 Å². The smallest absolute Gasteiger partial charge is 0.175 e. The van der Waals surface area contributed by atoms with E-state index in [4.69, 9.17) is 9.72 Å². The van der Waals surface area contributed by atoms with Crippen molar-refractivity contribution in [2.45, 2.75) is 15.3 Å². The average molecular weight is 736 g/mol. The van der Waals surface area contributed by atoms with Crippen molar-refractivity contribution in [1.82, 2.24) is 9.55 Å². The Kier molecular flexibility index (Phi) is 6.66. The molecule has 0 bridgehead atoms. The zero-order chi connectivity index (χ0) is 36.8. The minimum Gasteiger partial charge on any atom is -0.457 e. The van der Waals surface area contributed by atoms with Crippen LogP contribution in [-0.2, 0) is 10.2 Å². The van der Waals surface area contributed by atoms with E-state index in [1.807, 2.05) is 11.8 Å². The average Bonchev–Trinajstić information content (AvgIpc) is 3.65. The van der Waals surface area contributed by atoms with Gasteiger partial charge >= 0.3 is 0 Å². The van der Waals surface area contributed by atoms with Crippen LogP contribution < -0.4 is 9.64 Å². The highest BCUT2D eigenvalue weighted by Gasteiger charge is 2.51. The van der Waals surface area contributed by atoms with Crippen molar-refractivity contribution in [3.05, 3.63) is 239 Å². The molecule has 0 saturated heterocycles. The van der Waals surface area contributed by atoms with Crippen LogP contribution in [-0.4, -0.2) is 9.55 Å². The van der Waals surface area contributed by atoms with Gasteiger partial charge in [0.15, 0.2) is 5.16 Å². The van der Waals surface area contributed by atoms with Gasteiger partial charge in [0, 0.05) is 22.4 Å². The number of imidazole rings is 1. The van der Waals surface area contributed by atoms with Gasteiger partial charge in [-0.25, -0.2) is 4.98 Å². The van der Waals surface area contributed by atoms with Crippen LogP contribution in [0.2, 0.25) is 0 Å². The second kappa shape index (κ2) is 11.8. The topological polar surface area (TPSA) is 30.3 Å². The summed E-state index contributed by atoms with van der Waals surface area (Å²) in [6, 6.07) is 72.4. The Bertz CT molecular complexity index is 2870. The third kappa shape index (κ3) is 4.12. The van der Waals surface area contributed by atoms with Gasteiger partial charge in [0.2, 0.25) is 0 Å². The molecule has 4 nitrogen and oxygen atoms in total. The van der Waals surface area contributed by atoms with Crippen LogP contribution in [0.1, 0.15) is 38.9 Å². The summed E-state index contributed by atoms with van der Waals surface area (Å²) in [7, 11) is 0. The lowest BCUT2D eigenvalue weighted by Gasteiger charge is -2.48. The molecule has 264 valence electrons. The van der Waals surface area contributed by atoms with Crippen LogP contribution in [0.25, 0.3) is 16.7 Å². The molecule has 0 aliphatic carbocycles. The number of benzene rings is 8. The van der Waals surface area contributed by atoms with Crippen molar-refractivity contribution >= 4 is 39.9 Å². The van der Waals surface area contributed by atoms with Gasteiger partial charge in [0.1, 0.15) is 16.2 Å². The maximum Gasteiger partial charge on any atom is 0.175 e. The van der Waals surface area contributed by atoms with Crippen molar-refractivity contribution in [2.75, 3.05) is 4.90 Å². The first-order valence-electron chi connectivity index (χ1n) is 19.1. The Balaban J connectivity index is 1.17. The van der Waals surface area contributed by atoms with Gasteiger partial charge in [0.25, 0.3) is 0 Å². The van der Waals surface area contributed by atoms with E-state index in [0.717, 1.165) is 61.6 Å². The van der Waals surface area contributed by atoms with Gasteiger partial charge in [-0.05, 0) is 76.9 Å². The third-order valence-corrected chi connectivity index (χ3v) is 13.3. The molecule has 1 spiro atoms. The van der Waals surface area contributed by atoms with E-state index in [1.54, 1.807) is 0 Å². The largest absolute Gasteiger partial charge is 0.457 e. The molecule has 0 amide bonds. The van der Waals surface area contributed by atoms with E-state index in [1.165, 1.54) is 27.8 Å². The molecular weight excluding hydrogens is 703 g/mol. The number of rotatable bonds is 3. The number of aromatic nitrogens is 2. The second-order valence-electron chi connectivity index (χ2n) is 14.6. The normalized spacial score (nSPS) is 15.1. The van der Waals surface area contributed by atoms with Gasteiger partial charge in [-0.15, -0.1) is 0 Å². The monoisotopic (exact) mass is 735 g/mol. The molecule has 0 fully saturated rings. The third-order valence-electron chi connectivity index (χ3n) is 11.9. The van der Waals surface area contributed by atoms with Gasteiger partial charge < -0.3 is 9.64 Å².